The van der Waals surface area contributed by atoms with Gasteiger partial charge in [0, 0.05) is 64.0 Å². The molecule has 18 nitrogen and oxygen atoms in total. The van der Waals surface area contributed by atoms with Crippen LogP contribution in [0.3, 0.4) is 0 Å². The minimum Gasteiger partial charge on any atom is -0.478 e. The van der Waals surface area contributed by atoms with Gasteiger partial charge in [0.15, 0.2) is 5.78 Å². The lowest BCUT2D eigenvalue weighted by Crippen LogP contribution is -2.61. The van der Waals surface area contributed by atoms with Crippen LogP contribution < -0.4 is 0 Å². The van der Waals surface area contributed by atoms with Crippen molar-refractivity contribution >= 4 is 35.2 Å². The summed E-state index contributed by atoms with van der Waals surface area (Å²) in [7, 11) is 4.59. The number of allylic oxidation sites excluding steroid dienone is 6. The molecule has 428 valence electrons. The average molecular weight is 1090 g/mol. The van der Waals surface area contributed by atoms with Crippen LogP contribution in [-0.4, -0.2) is 147 Å². The minimum absolute atomic E-state index is 0.000703. The van der Waals surface area contributed by atoms with Gasteiger partial charge in [0.25, 0.3) is 11.7 Å². The molecule has 1 amide bonds. The van der Waals surface area contributed by atoms with Crippen LogP contribution in [0.5, 0.6) is 0 Å². The van der Waals surface area contributed by atoms with Gasteiger partial charge in [-0.15, -0.1) is 5.10 Å². The number of aliphatic hydroxyl groups excluding tert-OH is 1. The number of hydrogen-bond donors (Lipinski definition) is 3. The minimum atomic E-state index is -2.46. The summed E-state index contributed by atoms with van der Waals surface area (Å²) in [5.74, 6) is -9.31. The quantitative estimate of drug-likeness (QED) is 0.122. The van der Waals surface area contributed by atoms with Gasteiger partial charge in [-0.25, -0.2) is 14.3 Å². The summed E-state index contributed by atoms with van der Waals surface area (Å²) in [5.41, 5.74) is 2.71. The molecule has 1 aromatic heterocycles. The molecule has 6 rings (SSSR count). The SMILES string of the molecule is CO[C@H]1C[C@@H]2CC[C@@H](C)[C@@](O)(O2)C(=O)C(=O)N2CCCC[C@H]2C(=O)O[C@H]([C@H](C)C[C@@H]2CC[C@H](n3cc(-c4ccc(C(=O)O)cc4)nn3)[C@H](OC)C2)CC(=O)[C@H](C)/C=C(\C)[C@@H](O)[C@@H](OC)C(=O)[C@H](C)C[C@H](C)/C=C/C=C/C=C/1C. The van der Waals surface area contributed by atoms with Crippen molar-refractivity contribution in [1.82, 2.24) is 19.9 Å². The molecule has 15 atom stereocenters. The number of ketones is 3. The van der Waals surface area contributed by atoms with Crippen LogP contribution in [0.15, 0.2) is 78.1 Å². The summed E-state index contributed by atoms with van der Waals surface area (Å²) in [6, 6.07) is 5.08. The Kier molecular flexibility index (Phi) is 22.2. The number of ether oxygens (including phenoxy) is 5. The first-order valence-electron chi connectivity index (χ1n) is 27.8. The molecular formula is C60H84N4O14. The number of aliphatic hydroxyl groups is 2. The highest BCUT2D eigenvalue weighted by Gasteiger charge is 2.53. The maximum absolute atomic E-state index is 14.7. The number of amides is 1. The summed E-state index contributed by atoms with van der Waals surface area (Å²) < 4.78 is 31.9. The zero-order valence-electron chi connectivity index (χ0n) is 47.2. The standard InChI is InChI=1S/C60H84N4O14/c1-35-16-12-11-13-17-36(2)50(74-8)32-45-25-19-41(7)60(73,78-45)56(68)57(69)63-27-15-14-18-48(63)59(72)77-51(33-49(65)37(3)29-40(6)54(67)55(76-10)53(66)39(5)28-35)38(4)30-42-20-26-47(52(31-42)75-9)64-34-46(61-62-64)43-21-23-44(24-22-43)58(70)71/h11-13,16-17,21-24,29,34-35,37-39,41-42,45,47-48,50-52,54-55,67,73H,14-15,18-20,25-28,30-33H2,1-10H3,(H,70,71)/b13-11+,16-12+,36-17+,40-29+/t35-,37-,38-,39-,41-,42+,45+,47+,48+,50+,51+,52-,54-,55+,60-/m1/s1. The fraction of sp³-hybridized carbons (Fsp3) is 0.633. The Hall–Kier alpha value is -5.50. The van der Waals surface area contributed by atoms with Gasteiger partial charge in [0.1, 0.15) is 35.8 Å². The molecule has 2 aromatic rings. The molecule has 2 bridgehead atoms. The van der Waals surface area contributed by atoms with E-state index in [0.717, 1.165) is 17.6 Å². The number of esters is 1. The molecule has 1 aliphatic carbocycles. The third-order valence-corrected chi connectivity index (χ3v) is 16.8. The van der Waals surface area contributed by atoms with Crippen LogP contribution in [0.1, 0.15) is 142 Å². The number of aromatic carboxylic acids is 1. The molecule has 1 aromatic carbocycles. The first kappa shape index (κ1) is 61.7. The van der Waals surface area contributed by atoms with E-state index < -0.39 is 83.7 Å². The summed E-state index contributed by atoms with van der Waals surface area (Å²) in [4.78, 5) is 84.3. The van der Waals surface area contributed by atoms with Crippen molar-refractivity contribution in [3.63, 3.8) is 0 Å². The molecule has 0 unspecified atom stereocenters. The van der Waals surface area contributed by atoms with Gasteiger partial charge >= 0.3 is 11.9 Å². The first-order valence-corrected chi connectivity index (χ1v) is 27.8. The summed E-state index contributed by atoms with van der Waals surface area (Å²) in [6.07, 6.45) is 13.5. The van der Waals surface area contributed by atoms with E-state index in [9.17, 15) is 44.1 Å². The van der Waals surface area contributed by atoms with Crippen molar-refractivity contribution in [3.8, 4) is 11.3 Å². The number of benzene rings is 1. The third-order valence-electron chi connectivity index (χ3n) is 16.8. The largest absolute Gasteiger partial charge is 0.478 e. The molecule has 78 heavy (non-hydrogen) atoms. The molecule has 4 aliphatic rings. The number of carboxylic acid groups (broad SMARTS) is 1. The fourth-order valence-electron chi connectivity index (χ4n) is 11.8. The van der Waals surface area contributed by atoms with Gasteiger partial charge in [-0.05, 0) is 119 Å². The van der Waals surface area contributed by atoms with Crippen molar-refractivity contribution in [3.05, 3.63) is 83.6 Å². The van der Waals surface area contributed by atoms with Gasteiger partial charge in [-0.2, -0.15) is 0 Å². The topological polar surface area (TPSA) is 243 Å². The van der Waals surface area contributed by atoms with E-state index in [1.54, 1.807) is 57.9 Å². The van der Waals surface area contributed by atoms with Crippen molar-refractivity contribution in [1.29, 1.82) is 0 Å². The van der Waals surface area contributed by atoms with Crippen LogP contribution >= 0.6 is 0 Å². The van der Waals surface area contributed by atoms with Gasteiger partial charge in [0.2, 0.25) is 5.79 Å². The van der Waals surface area contributed by atoms with Gasteiger partial charge in [-0.3, -0.25) is 19.2 Å². The number of carbonyl (C=O) groups is 6. The number of Topliss-reactive ketones (excluding diaryl/α,β-unsaturated/α-hetero) is 3. The smallest absolute Gasteiger partial charge is 0.335 e. The lowest BCUT2D eigenvalue weighted by atomic mass is 9.77. The Morgan fingerprint density at radius 1 is 0.872 bits per heavy atom. The zero-order chi connectivity index (χ0) is 57.0. The number of rotatable bonds is 9. The zero-order valence-corrected chi connectivity index (χ0v) is 47.2. The van der Waals surface area contributed by atoms with E-state index >= 15 is 0 Å². The summed E-state index contributed by atoms with van der Waals surface area (Å²) in [6.45, 7) is 12.7. The maximum atomic E-state index is 14.7. The van der Waals surface area contributed by atoms with Gasteiger partial charge in [0.05, 0.1) is 36.1 Å². The Morgan fingerprint density at radius 2 is 1.60 bits per heavy atom. The third kappa shape index (κ3) is 15.2. The molecule has 0 radical (unpaired) electrons. The molecule has 18 heteroatoms. The van der Waals surface area contributed by atoms with Gasteiger partial charge < -0.3 is 43.9 Å². The van der Waals surface area contributed by atoms with E-state index in [2.05, 4.69) is 10.3 Å². The number of nitrogens with zero attached hydrogens (tertiary/aromatic N) is 4. The predicted molar refractivity (Wildman–Crippen MR) is 291 cm³/mol. The highest BCUT2D eigenvalue weighted by molar-refractivity contribution is 6.39. The molecule has 0 spiro atoms. The van der Waals surface area contributed by atoms with Crippen LogP contribution in [0, 0.1) is 35.5 Å². The van der Waals surface area contributed by atoms with Crippen LogP contribution in [0.25, 0.3) is 11.3 Å². The van der Waals surface area contributed by atoms with Crippen LogP contribution in [-0.2, 0) is 47.7 Å². The number of hydrogen-bond acceptors (Lipinski definition) is 15. The van der Waals surface area contributed by atoms with E-state index in [0.29, 0.717) is 69.1 Å². The Morgan fingerprint density at radius 3 is 2.28 bits per heavy atom. The molecule has 3 N–H and O–H groups in total. The van der Waals surface area contributed by atoms with E-state index in [1.165, 1.54) is 24.1 Å². The average Bonchev–Trinajstić information content (AvgIpc) is 4.04. The summed E-state index contributed by atoms with van der Waals surface area (Å²) >= 11 is 0. The number of piperidine rings is 1. The number of methoxy groups -OCH3 is 3. The molecule has 3 fully saturated rings. The van der Waals surface area contributed by atoms with Crippen molar-refractivity contribution < 1.29 is 67.8 Å². The highest BCUT2D eigenvalue weighted by Crippen LogP contribution is 2.40. The number of cyclic esters (lactones) is 1. The highest BCUT2D eigenvalue weighted by atomic mass is 16.6. The second kappa shape index (κ2) is 28.1. The van der Waals surface area contributed by atoms with Crippen LogP contribution in [0.2, 0.25) is 0 Å². The van der Waals surface area contributed by atoms with E-state index in [-0.39, 0.29) is 66.4 Å². The second-order valence-electron chi connectivity index (χ2n) is 22.6. The Labute approximate surface area is 459 Å². The van der Waals surface area contributed by atoms with E-state index in [4.69, 9.17) is 23.7 Å². The van der Waals surface area contributed by atoms with Crippen molar-refractivity contribution in [2.45, 2.75) is 180 Å². The normalized spacial score (nSPS) is 35.6. The molecule has 4 heterocycles. The first-order chi connectivity index (χ1) is 37.1. The number of fused-ring (bicyclic) bond motifs is 3. The maximum Gasteiger partial charge on any atom is 0.335 e. The van der Waals surface area contributed by atoms with E-state index in [1.807, 2.05) is 64.3 Å². The molecule has 2 saturated heterocycles. The molecule has 1 saturated carbocycles. The van der Waals surface area contributed by atoms with Crippen molar-refractivity contribution in [2.75, 3.05) is 27.9 Å². The lowest BCUT2D eigenvalue weighted by molar-refractivity contribution is -0.265. The predicted octanol–water partition coefficient (Wildman–Crippen LogP) is 8.02. The Bertz CT molecular complexity index is 2540. The molecular weight excluding hydrogens is 1000 g/mol. The number of aromatic nitrogens is 3. The van der Waals surface area contributed by atoms with Gasteiger partial charge in [-0.1, -0.05) is 88.4 Å². The second-order valence-corrected chi connectivity index (χ2v) is 22.6. The van der Waals surface area contributed by atoms with Crippen molar-refractivity contribution in [2.24, 2.45) is 35.5 Å². The lowest BCUT2D eigenvalue weighted by Gasteiger charge is -2.42. The number of carbonyl (C=O) groups excluding carboxylic acids is 5. The summed E-state index contributed by atoms with van der Waals surface area (Å²) in [5, 5.41) is 41.8. The molecule has 3 aliphatic heterocycles. The number of carboxylic acids is 1. The fourth-order valence-corrected chi connectivity index (χ4v) is 11.8. The monoisotopic (exact) mass is 1080 g/mol. The van der Waals surface area contributed by atoms with Crippen LogP contribution in [0.4, 0.5) is 0 Å². The Balaban J connectivity index is 1.27.